The van der Waals surface area contributed by atoms with Gasteiger partial charge in [0, 0.05) is 18.0 Å². The van der Waals surface area contributed by atoms with Gasteiger partial charge < -0.3 is 4.90 Å². The van der Waals surface area contributed by atoms with Gasteiger partial charge in [-0.1, -0.05) is 30.0 Å². The van der Waals surface area contributed by atoms with Crippen LogP contribution in [0.2, 0.25) is 0 Å². The van der Waals surface area contributed by atoms with E-state index in [1.165, 1.54) is 40.6 Å². The fourth-order valence-electron chi connectivity index (χ4n) is 3.28. The van der Waals surface area contributed by atoms with E-state index in [0.717, 1.165) is 27.7 Å². The number of amidine groups is 1. The number of hydrogen-bond donors (Lipinski definition) is 0. The van der Waals surface area contributed by atoms with Gasteiger partial charge in [-0.3, -0.25) is 9.69 Å². The highest BCUT2D eigenvalue weighted by atomic mass is 32.2. The van der Waals surface area contributed by atoms with Gasteiger partial charge >= 0.3 is 6.18 Å². The van der Waals surface area contributed by atoms with Crippen LogP contribution in [-0.4, -0.2) is 29.1 Å². The molecule has 0 N–H and O–H groups in total. The Hall–Kier alpha value is -2.39. The molecule has 1 saturated heterocycles. The predicted octanol–water partition coefficient (Wildman–Crippen LogP) is 6.09. The van der Waals surface area contributed by atoms with Gasteiger partial charge in [-0.2, -0.15) is 13.2 Å². The Morgan fingerprint density at radius 2 is 1.70 bits per heavy atom. The number of alkyl halides is 3. The number of nitrogens with zero attached hydrogens (tertiary/aromatic N) is 3. The SMILES string of the molecule is CCN1C(=O)C(=C2Sc3ccccc3N2CC)SC1=Nc1cccc(C(F)(F)F)c1. The predicted molar refractivity (Wildman–Crippen MR) is 116 cm³/mol. The van der Waals surface area contributed by atoms with Crippen molar-refractivity contribution in [1.82, 2.24) is 4.90 Å². The molecule has 2 aliphatic heterocycles. The second kappa shape index (κ2) is 8.03. The molecule has 2 aliphatic rings. The lowest BCUT2D eigenvalue weighted by molar-refractivity contribution is -0.137. The minimum absolute atomic E-state index is 0.166. The van der Waals surface area contributed by atoms with Crippen LogP contribution < -0.4 is 4.90 Å². The van der Waals surface area contributed by atoms with Crippen LogP contribution in [-0.2, 0) is 11.0 Å². The first-order valence-corrected chi connectivity index (χ1v) is 11.0. The number of carbonyl (C=O) groups is 1. The number of aliphatic imine (C=N–C) groups is 1. The summed E-state index contributed by atoms with van der Waals surface area (Å²) in [5.74, 6) is -0.179. The number of amides is 1. The van der Waals surface area contributed by atoms with Crippen molar-refractivity contribution >= 4 is 46.0 Å². The summed E-state index contributed by atoms with van der Waals surface area (Å²) in [6, 6.07) is 12.8. The van der Waals surface area contributed by atoms with Crippen LogP contribution in [0, 0.1) is 0 Å². The van der Waals surface area contributed by atoms with E-state index in [4.69, 9.17) is 0 Å². The molecule has 9 heteroatoms. The van der Waals surface area contributed by atoms with Crippen molar-refractivity contribution in [3.05, 3.63) is 64.0 Å². The summed E-state index contributed by atoms with van der Waals surface area (Å²) in [5.41, 5.74) is 0.450. The van der Waals surface area contributed by atoms with Crippen LogP contribution in [0.25, 0.3) is 0 Å². The average molecular weight is 450 g/mol. The first kappa shape index (κ1) is 20.9. The largest absolute Gasteiger partial charge is 0.416 e. The zero-order valence-corrected chi connectivity index (χ0v) is 17.9. The molecular weight excluding hydrogens is 431 g/mol. The van der Waals surface area contributed by atoms with Crippen molar-refractivity contribution in [1.29, 1.82) is 0 Å². The monoisotopic (exact) mass is 449 g/mol. The second-order valence-electron chi connectivity index (χ2n) is 6.54. The lowest BCUT2D eigenvalue weighted by atomic mass is 10.2. The van der Waals surface area contributed by atoms with Gasteiger partial charge in [0.25, 0.3) is 5.91 Å². The van der Waals surface area contributed by atoms with Gasteiger partial charge in [0.1, 0.15) is 9.93 Å². The average Bonchev–Trinajstić information content (AvgIpc) is 3.24. The molecule has 2 aromatic rings. The number of para-hydroxylation sites is 1. The number of fused-ring (bicyclic) bond motifs is 1. The molecule has 0 aliphatic carbocycles. The summed E-state index contributed by atoms with van der Waals surface area (Å²) in [5, 5.41) is 1.22. The lowest BCUT2D eigenvalue weighted by Gasteiger charge is -2.19. The highest BCUT2D eigenvalue weighted by Gasteiger charge is 2.39. The molecule has 30 heavy (non-hydrogen) atoms. The second-order valence-corrected chi connectivity index (χ2v) is 8.55. The summed E-state index contributed by atoms with van der Waals surface area (Å²) < 4.78 is 39.1. The molecule has 1 amide bonds. The number of thioether (sulfide) groups is 2. The number of hydrogen-bond acceptors (Lipinski definition) is 5. The Kier molecular flexibility index (Phi) is 5.59. The molecule has 0 bridgehead atoms. The van der Waals surface area contributed by atoms with E-state index in [-0.39, 0.29) is 11.6 Å². The molecule has 0 radical (unpaired) electrons. The van der Waals surface area contributed by atoms with E-state index in [1.807, 2.05) is 38.1 Å². The number of benzene rings is 2. The molecule has 0 spiro atoms. The van der Waals surface area contributed by atoms with E-state index in [0.29, 0.717) is 23.2 Å². The van der Waals surface area contributed by atoms with Gasteiger partial charge in [0.2, 0.25) is 0 Å². The molecule has 4 nitrogen and oxygen atoms in total. The molecule has 156 valence electrons. The van der Waals surface area contributed by atoms with E-state index < -0.39 is 11.7 Å². The van der Waals surface area contributed by atoms with Crippen molar-refractivity contribution < 1.29 is 18.0 Å². The van der Waals surface area contributed by atoms with Gasteiger partial charge in [0.15, 0.2) is 5.17 Å². The number of carbonyl (C=O) groups excluding carboxylic acids is 1. The maximum Gasteiger partial charge on any atom is 0.416 e. The van der Waals surface area contributed by atoms with Crippen LogP contribution in [0.3, 0.4) is 0 Å². The maximum atomic E-state index is 13.1. The standard InChI is InChI=1S/C21H18F3N3OS2/c1-3-26-15-10-5-6-11-16(15)29-19(26)17-18(28)27(4-2)20(30-17)25-14-9-7-8-13(12-14)21(22,23)24/h5-12H,3-4H2,1-2H3. The minimum Gasteiger partial charge on any atom is -0.334 e. The highest BCUT2D eigenvalue weighted by Crippen LogP contribution is 2.50. The summed E-state index contributed by atoms with van der Waals surface area (Å²) in [6.45, 7) is 4.91. The third-order valence-corrected chi connectivity index (χ3v) is 7.07. The van der Waals surface area contributed by atoms with Gasteiger partial charge in [-0.25, -0.2) is 4.99 Å². The maximum absolute atomic E-state index is 13.1. The highest BCUT2D eigenvalue weighted by molar-refractivity contribution is 8.19. The zero-order valence-electron chi connectivity index (χ0n) is 16.2. The van der Waals surface area contributed by atoms with Crippen molar-refractivity contribution in [3.63, 3.8) is 0 Å². The van der Waals surface area contributed by atoms with Crippen LogP contribution in [0.4, 0.5) is 24.5 Å². The first-order chi connectivity index (χ1) is 14.3. The molecule has 0 atom stereocenters. The van der Waals surface area contributed by atoms with Crippen LogP contribution in [0.15, 0.2) is 68.4 Å². The van der Waals surface area contributed by atoms with Crippen LogP contribution >= 0.6 is 23.5 Å². The van der Waals surface area contributed by atoms with Crippen molar-refractivity contribution in [2.24, 2.45) is 4.99 Å². The molecule has 0 saturated carbocycles. The Morgan fingerprint density at radius 1 is 0.967 bits per heavy atom. The molecule has 1 fully saturated rings. The molecule has 2 aromatic carbocycles. The number of anilines is 1. The molecule has 0 aromatic heterocycles. The Morgan fingerprint density at radius 3 is 2.40 bits per heavy atom. The van der Waals surface area contributed by atoms with Gasteiger partial charge in [0.05, 0.1) is 16.9 Å². The van der Waals surface area contributed by atoms with E-state index in [9.17, 15) is 18.0 Å². The fraction of sp³-hybridized carbons (Fsp3) is 0.238. The molecule has 0 unspecified atom stereocenters. The smallest absolute Gasteiger partial charge is 0.334 e. The van der Waals surface area contributed by atoms with E-state index >= 15 is 0 Å². The first-order valence-electron chi connectivity index (χ1n) is 9.37. The number of halogens is 3. The topological polar surface area (TPSA) is 35.9 Å². The number of rotatable bonds is 3. The van der Waals surface area contributed by atoms with Crippen molar-refractivity contribution in [2.75, 3.05) is 18.0 Å². The molecular formula is C21H18F3N3OS2. The van der Waals surface area contributed by atoms with Crippen LogP contribution in [0.5, 0.6) is 0 Å². The Labute approximate surface area is 180 Å². The molecule has 4 rings (SSSR count). The quantitative estimate of drug-likeness (QED) is 0.532. The summed E-state index contributed by atoms with van der Waals surface area (Å²) in [4.78, 5) is 22.7. The third kappa shape index (κ3) is 3.72. The van der Waals surface area contributed by atoms with Crippen molar-refractivity contribution in [2.45, 2.75) is 24.9 Å². The summed E-state index contributed by atoms with van der Waals surface area (Å²) in [7, 11) is 0. The zero-order chi connectivity index (χ0) is 21.5. The van der Waals surface area contributed by atoms with Gasteiger partial charge in [-0.15, -0.1) is 0 Å². The van der Waals surface area contributed by atoms with Gasteiger partial charge in [-0.05, 0) is 55.9 Å². The Balaban J connectivity index is 1.73. The minimum atomic E-state index is -4.44. The normalized spacial score (nSPS) is 20.4. The van der Waals surface area contributed by atoms with Crippen molar-refractivity contribution in [3.8, 4) is 0 Å². The summed E-state index contributed by atoms with van der Waals surface area (Å²) in [6.07, 6.45) is -4.44. The third-order valence-electron chi connectivity index (χ3n) is 4.70. The van der Waals surface area contributed by atoms with E-state index in [1.54, 1.807) is 0 Å². The molecule has 2 heterocycles. The fourth-order valence-corrected chi connectivity index (χ4v) is 5.73. The summed E-state index contributed by atoms with van der Waals surface area (Å²) >= 11 is 2.74. The Bertz CT molecular complexity index is 1070. The van der Waals surface area contributed by atoms with Crippen LogP contribution in [0.1, 0.15) is 19.4 Å². The number of likely N-dealkylation sites (N-methyl/N-ethyl adjacent to an activating group) is 1. The van der Waals surface area contributed by atoms with E-state index in [2.05, 4.69) is 9.89 Å². The lowest BCUT2D eigenvalue weighted by Crippen LogP contribution is -2.29.